The van der Waals surface area contributed by atoms with E-state index in [4.69, 9.17) is 5.73 Å². The Hall–Kier alpha value is -3.22. The summed E-state index contributed by atoms with van der Waals surface area (Å²) in [6.45, 7) is 6.25. The van der Waals surface area contributed by atoms with Gasteiger partial charge in [-0.25, -0.2) is 4.57 Å². The van der Waals surface area contributed by atoms with E-state index in [-0.39, 0.29) is 22.8 Å². The number of nitrogens with one attached hydrogen (secondary N) is 1. The van der Waals surface area contributed by atoms with Crippen LogP contribution in [0.4, 0.5) is 5.82 Å². The highest BCUT2D eigenvalue weighted by molar-refractivity contribution is 6.00. The van der Waals surface area contributed by atoms with Crippen molar-refractivity contribution in [2.45, 2.75) is 13.5 Å². The van der Waals surface area contributed by atoms with Crippen molar-refractivity contribution in [3.05, 3.63) is 59.0 Å². The molecule has 0 aromatic carbocycles. The molecule has 0 spiro atoms. The van der Waals surface area contributed by atoms with Gasteiger partial charge < -0.3 is 11.1 Å². The van der Waals surface area contributed by atoms with Crippen molar-refractivity contribution in [1.82, 2.24) is 14.7 Å². The minimum Gasteiger partial charge on any atom is -0.348 e. The molecule has 0 aliphatic heterocycles. The number of anilines is 1. The molecule has 3 N–H and O–H groups in total. The number of carbonyl (C=O) groups is 1. The maximum Gasteiger partial charge on any atom is 0.278 e. The van der Waals surface area contributed by atoms with Crippen molar-refractivity contribution in [2.24, 2.45) is 0 Å². The van der Waals surface area contributed by atoms with Crippen LogP contribution >= 0.6 is 0 Å². The maximum absolute atomic E-state index is 12.8. The quantitative estimate of drug-likeness (QED) is 0.419. The summed E-state index contributed by atoms with van der Waals surface area (Å²) >= 11 is 0. The van der Waals surface area contributed by atoms with Crippen LogP contribution in [0.2, 0.25) is 0 Å². The van der Waals surface area contributed by atoms with E-state index in [1.165, 1.54) is 10.5 Å². The van der Waals surface area contributed by atoms with E-state index in [0.717, 1.165) is 0 Å². The predicted octanol–water partition coefficient (Wildman–Crippen LogP) is 0.653. The lowest BCUT2D eigenvalue weighted by atomic mass is 10.1. The van der Waals surface area contributed by atoms with Crippen molar-refractivity contribution < 1.29 is 9.36 Å². The standard InChI is InChI=1S/C17H17N5O2/c1-3-8-19-16(23)11-10-12-15(21(4-2)14(11)18)20-13-7-5-6-9-22(13)17(12)24/h3,5-7,9-10,18H,1,4,8H2,2H3,(H,19,23)/p+1. The van der Waals surface area contributed by atoms with E-state index < -0.39 is 0 Å². The second-order valence-corrected chi connectivity index (χ2v) is 5.27. The zero-order chi connectivity index (χ0) is 17.3. The zero-order valence-corrected chi connectivity index (χ0v) is 13.3. The van der Waals surface area contributed by atoms with E-state index in [2.05, 4.69) is 16.9 Å². The molecule has 0 saturated carbocycles. The van der Waals surface area contributed by atoms with Gasteiger partial charge in [0.25, 0.3) is 17.1 Å². The van der Waals surface area contributed by atoms with E-state index in [1.54, 1.807) is 29.0 Å². The normalized spacial score (nSPS) is 10.9. The molecule has 0 aliphatic carbocycles. The first kappa shape index (κ1) is 15.7. The van der Waals surface area contributed by atoms with Crippen molar-refractivity contribution in [1.29, 1.82) is 0 Å². The number of hydrogen-bond donors (Lipinski definition) is 2. The van der Waals surface area contributed by atoms with Gasteiger partial charge in [0.1, 0.15) is 10.9 Å². The minimum atomic E-state index is -0.353. The van der Waals surface area contributed by atoms with E-state index >= 15 is 0 Å². The fraction of sp³-hybridized carbons (Fsp3) is 0.176. The molecular weight excluding hydrogens is 306 g/mol. The molecule has 122 valence electrons. The third kappa shape index (κ3) is 2.40. The van der Waals surface area contributed by atoms with Gasteiger partial charge in [0, 0.05) is 12.7 Å². The number of hydrogen-bond acceptors (Lipinski definition) is 4. The van der Waals surface area contributed by atoms with Crippen molar-refractivity contribution in [3.63, 3.8) is 0 Å². The molecule has 0 radical (unpaired) electrons. The predicted molar refractivity (Wildman–Crippen MR) is 91.8 cm³/mol. The number of amides is 1. The molecule has 7 heteroatoms. The molecule has 3 aromatic heterocycles. The number of pyridine rings is 2. The number of nitrogens with zero attached hydrogens (tertiary/aromatic N) is 3. The number of aryl methyl sites for hydroxylation is 1. The van der Waals surface area contributed by atoms with Crippen molar-refractivity contribution in [3.8, 4) is 0 Å². The average Bonchev–Trinajstić information content (AvgIpc) is 2.59. The molecule has 0 bridgehead atoms. The zero-order valence-electron chi connectivity index (χ0n) is 13.3. The summed E-state index contributed by atoms with van der Waals surface area (Å²) < 4.78 is 3.12. The highest BCUT2D eigenvalue weighted by Crippen LogP contribution is 2.14. The van der Waals surface area contributed by atoms with Gasteiger partial charge in [-0.15, -0.1) is 6.58 Å². The summed E-state index contributed by atoms with van der Waals surface area (Å²) in [4.78, 5) is 29.6. The molecular formula is C17H18N5O2+. The van der Waals surface area contributed by atoms with Crippen molar-refractivity contribution >= 4 is 28.4 Å². The Labute approximate surface area is 138 Å². The van der Waals surface area contributed by atoms with Crippen LogP contribution in [0, 0.1) is 0 Å². The van der Waals surface area contributed by atoms with Gasteiger partial charge in [0.15, 0.2) is 0 Å². The van der Waals surface area contributed by atoms with Gasteiger partial charge in [0.2, 0.25) is 11.5 Å². The van der Waals surface area contributed by atoms with Crippen LogP contribution in [-0.2, 0) is 6.54 Å². The minimum absolute atomic E-state index is 0.240. The highest BCUT2D eigenvalue weighted by Gasteiger charge is 2.23. The van der Waals surface area contributed by atoms with Gasteiger partial charge in [-0.1, -0.05) is 17.1 Å². The summed E-state index contributed by atoms with van der Waals surface area (Å²) in [5.74, 6) is -0.0761. The Morgan fingerprint density at radius 1 is 1.50 bits per heavy atom. The Morgan fingerprint density at radius 2 is 2.29 bits per heavy atom. The number of nitrogen functional groups attached to an aromatic ring is 1. The van der Waals surface area contributed by atoms with Crippen LogP contribution in [0.25, 0.3) is 16.7 Å². The van der Waals surface area contributed by atoms with E-state index in [9.17, 15) is 9.59 Å². The summed E-state index contributed by atoms with van der Waals surface area (Å²) in [5.41, 5.74) is 7.16. The van der Waals surface area contributed by atoms with Crippen LogP contribution in [0.15, 0.2) is 47.9 Å². The van der Waals surface area contributed by atoms with Crippen LogP contribution in [-0.4, -0.2) is 21.8 Å². The van der Waals surface area contributed by atoms with Crippen LogP contribution in [0.1, 0.15) is 17.3 Å². The fourth-order valence-corrected chi connectivity index (χ4v) is 2.66. The van der Waals surface area contributed by atoms with E-state index in [0.29, 0.717) is 29.8 Å². The third-order valence-corrected chi connectivity index (χ3v) is 3.83. The summed E-state index contributed by atoms with van der Waals surface area (Å²) in [6.07, 6.45) is 3.22. The highest BCUT2D eigenvalue weighted by atomic mass is 16.1. The lowest BCUT2D eigenvalue weighted by Crippen LogP contribution is -2.42. The number of fused-ring (bicyclic) bond motifs is 2. The molecule has 0 fully saturated rings. The number of nitrogens with two attached hydrogens (primary N) is 1. The molecule has 0 saturated heterocycles. The van der Waals surface area contributed by atoms with Gasteiger partial charge >= 0.3 is 0 Å². The molecule has 3 rings (SSSR count). The number of rotatable bonds is 4. The lowest BCUT2D eigenvalue weighted by Gasteiger charge is -2.10. The molecule has 0 aliphatic rings. The summed E-state index contributed by atoms with van der Waals surface area (Å²) in [5, 5.41) is 3.03. The molecule has 0 atom stereocenters. The first-order valence-electron chi connectivity index (χ1n) is 7.61. The van der Waals surface area contributed by atoms with Gasteiger partial charge in [-0.2, -0.15) is 0 Å². The summed E-state index contributed by atoms with van der Waals surface area (Å²) in [7, 11) is 0. The molecule has 24 heavy (non-hydrogen) atoms. The van der Waals surface area contributed by atoms with Crippen LogP contribution in [0.5, 0.6) is 0 Å². The average molecular weight is 324 g/mol. The fourth-order valence-electron chi connectivity index (χ4n) is 2.66. The second-order valence-electron chi connectivity index (χ2n) is 5.27. The van der Waals surface area contributed by atoms with Gasteiger partial charge in [-0.3, -0.25) is 14.0 Å². The SMILES string of the molecule is C=CCNC(=O)c1cc2c(=O)n3ccccc3nc2[n+](CC)c1N. The second kappa shape index (κ2) is 6.11. The first-order valence-corrected chi connectivity index (χ1v) is 7.61. The first-order chi connectivity index (χ1) is 11.6. The maximum atomic E-state index is 12.8. The number of aromatic nitrogens is 3. The monoisotopic (exact) mass is 324 g/mol. The Bertz CT molecular complexity index is 1020. The Morgan fingerprint density at radius 3 is 3.00 bits per heavy atom. The van der Waals surface area contributed by atoms with Gasteiger partial charge in [0.05, 0.1) is 6.54 Å². The molecule has 1 amide bonds. The van der Waals surface area contributed by atoms with Crippen LogP contribution in [0.3, 0.4) is 0 Å². The van der Waals surface area contributed by atoms with Crippen molar-refractivity contribution in [2.75, 3.05) is 12.3 Å². The largest absolute Gasteiger partial charge is 0.348 e. The summed E-state index contributed by atoms with van der Waals surface area (Å²) in [6, 6.07) is 6.82. The Kier molecular flexibility index (Phi) is 3.99. The third-order valence-electron chi connectivity index (χ3n) is 3.83. The molecule has 3 heterocycles. The Balaban J connectivity index is 2.37. The van der Waals surface area contributed by atoms with E-state index in [1.807, 2.05) is 13.0 Å². The molecule has 3 aromatic rings. The van der Waals surface area contributed by atoms with Crippen LogP contribution < -0.4 is 21.2 Å². The topological polar surface area (TPSA) is 93.4 Å². The lowest BCUT2D eigenvalue weighted by molar-refractivity contribution is -0.655. The smallest absolute Gasteiger partial charge is 0.278 e. The van der Waals surface area contributed by atoms with Gasteiger partial charge in [-0.05, 0) is 25.1 Å². The number of carbonyl (C=O) groups excluding carboxylic acids is 1. The molecule has 7 nitrogen and oxygen atoms in total. The molecule has 0 unspecified atom stereocenters.